The highest BCUT2D eigenvalue weighted by Gasteiger charge is 2.20. The average molecular weight is 421 g/mol. The minimum atomic E-state index is 0.165. The van der Waals surface area contributed by atoms with Crippen LogP contribution in [0.4, 0.5) is 5.69 Å². The lowest BCUT2D eigenvalue weighted by molar-refractivity contribution is 0.0993. The van der Waals surface area contributed by atoms with Crippen molar-refractivity contribution < 1.29 is 4.79 Å². The first-order valence-electron chi connectivity index (χ1n) is 11.4. The number of carbonyl (C=O) groups is 1. The maximum atomic E-state index is 13.0. The molecule has 0 bridgehead atoms. The highest BCUT2D eigenvalue weighted by atomic mass is 16.1. The maximum Gasteiger partial charge on any atom is 0.167 e. The number of hydrogen-bond donors (Lipinski definition) is 0. The van der Waals surface area contributed by atoms with Crippen LogP contribution in [-0.4, -0.2) is 17.3 Å². The number of pyridine rings is 1. The Labute approximate surface area is 189 Å². The number of para-hydroxylation sites is 1. The van der Waals surface area contributed by atoms with Gasteiger partial charge < -0.3 is 4.90 Å². The zero-order valence-corrected chi connectivity index (χ0v) is 18.7. The van der Waals surface area contributed by atoms with E-state index in [1.807, 2.05) is 36.5 Å². The third-order valence-electron chi connectivity index (χ3n) is 6.48. The van der Waals surface area contributed by atoms with E-state index >= 15 is 0 Å². The molecule has 0 radical (unpaired) electrons. The van der Waals surface area contributed by atoms with Crippen LogP contribution < -0.4 is 4.90 Å². The van der Waals surface area contributed by atoms with Gasteiger partial charge in [-0.3, -0.25) is 9.78 Å². The van der Waals surface area contributed by atoms with Crippen LogP contribution in [-0.2, 0) is 19.4 Å². The summed E-state index contributed by atoms with van der Waals surface area (Å²) in [6.45, 7) is 6.12. The lowest BCUT2D eigenvalue weighted by atomic mass is 9.95. The normalized spacial score (nSPS) is 13.4. The van der Waals surface area contributed by atoms with Gasteiger partial charge >= 0.3 is 0 Å². The van der Waals surface area contributed by atoms with E-state index in [0.717, 1.165) is 41.8 Å². The van der Waals surface area contributed by atoms with Gasteiger partial charge in [-0.2, -0.15) is 0 Å². The first-order chi connectivity index (χ1) is 15.6. The predicted octanol–water partition coefficient (Wildman–Crippen LogP) is 6.35. The molecule has 32 heavy (non-hydrogen) atoms. The number of rotatable bonds is 5. The SMILES string of the molecule is CC(C)c1cccc(CC(=O)c2cccc(N3CCc4c(cnc5ccccc45)C3)c2)c1. The molecule has 2 heterocycles. The Kier molecular flexibility index (Phi) is 5.48. The minimum absolute atomic E-state index is 0.165. The Bertz CT molecular complexity index is 1290. The van der Waals surface area contributed by atoms with Crippen molar-refractivity contribution in [2.24, 2.45) is 0 Å². The highest BCUT2D eigenvalue weighted by molar-refractivity contribution is 5.98. The van der Waals surface area contributed by atoms with E-state index in [4.69, 9.17) is 0 Å². The second-order valence-corrected chi connectivity index (χ2v) is 9.00. The lowest BCUT2D eigenvalue weighted by Gasteiger charge is -2.31. The smallest absolute Gasteiger partial charge is 0.167 e. The van der Waals surface area contributed by atoms with Gasteiger partial charge in [0.05, 0.1) is 5.52 Å². The van der Waals surface area contributed by atoms with Crippen LogP contribution in [0.15, 0.2) is 79.0 Å². The molecule has 5 rings (SSSR count). The standard InChI is InChI=1S/C29H28N2O/c1-20(2)22-8-5-7-21(15-22)16-29(32)23-9-6-10-25(17-23)31-14-13-26-24(19-31)18-30-28-12-4-3-11-27(26)28/h3-12,15,17-18,20H,13-14,16,19H2,1-2H3. The fraction of sp³-hybridized carbons (Fsp3) is 0.241. The van der Waals surface area contributed by atoms with Gasteiger partial charge in [0.1, 0.15) is 0 Å². The van der Waals surface area contributed by atoms with Crippen LogP contribution >= 0.6 is 0 Å². The second kappa shape index (κ2) is 8.58. The molecule has 3 nitrogen and oxygen atoms in total. The van der Waals surface area contributed by atoms with E-state index in [-0.39, 0.29) is 5.78 Å². The van der Waals surface area contributed by atoms with Crippen LogP contribution in [0.3, 0.4) is 0 Å². The molecule has 3 aromatic carbocycles. The molecule has 1 aliphatic rings. The number of aromatic nitrogens is 1. The molecule has 160 valence electrons. The van der Waals surface area contributed by atoms with E-state index in [9.17, 15) is 4.79 Å². The fourth-order valence-electron chi connectivity index (χ4n) is 4.65. The molecule has 0 atom stereocenters. The van der Waals surface area contributed by atoms with Gasteiger partial charge in [-0.25, -0.2) is 0 Å². The van der Waals surface area contributed by atoms with Crippen molar-refractivity contribution >= 4 is 22.4 Å². The van der Waals surface area contributed by atoms with Gasteiger partial charge in [-0.05, 0) is 52.8 Å². The summed E-state index contributed by atoms with van der Waals surface area (Å²) in [5, 5.41) is 1.26. The molecule has 3 heteroatoms. The summed E-state index contributed by atoms with van der Waals surface area (Å²) in [6.07, 6.45) is 3.43. The van der Waals surface area contributed by atoms with Gasteiger partial charge in [0.15, 0.2) is 5.78 Å². The van der Waals surface area contributed by atoms with Gasteiger partial charge in [-0.15, -0.1) is 0 Å². The number of carbonyl (C=O) groups excluding carboxylic acids is 1. The average Bonchev–Trinajstić information content (AvgIpc) is 2.84. The summed E-state index contributed by atoms with van der Waals surface area (Å²) in [5.41, 5.74) is 7.98. The van der Waals surface area contributed by atoms with Crippen LogP contribution in [0.5, 0.6) is 0 Å². The number of benzene rings is 3. The Morgan fingerprint density at radius 2 is 1.84 bits per heavy atom. The van der Waals surface area contributed by atoms with Crippen LogP contribution in [0.1, 0.15) is 52.4 Å². The summed E-state index contributed by atoms with van der Waals surface area (Å²) in [4.78, 5) is 20.1. The Hall–Kier alpha value is -3.46. The van der Waals surface area contributed by atoms with Crippen molar-refractivity contribution in [2.45, 2.75) is 39.2 Å². The largest absolute Gasteiger partial charge is 0.367 e. The molecule has 0 saturated heterocycles. The van der Waals surface area contributed by atoms with Crippen molar-refractivity contribution in [3.63, 3.8) is 0 Å². The van der Waals surface area contributed by atoms with Crippen LogP contribution in [0.25, 0.3) is 10.9 Å². The minimum Gasteiger partial charge on any atom is -0.367 e. The van der Waals surface area contributed by atoms with E-state index in [1.165, 1.54) is 22.1 Å². The number of ketones is 1. The molecule has 0 aliphatic carbocycles. The molecule has 4 aromatic rings. The summed E-state index contributed by atoms with van der Waals surface area (Å²) in [6, 6.07) is 24.9. The van der Waals surface area contributed by atoms with E-state index in [2.05, 4.69) is 66.2 Å². The number of fused-ring (bicyclic) bond motifs is 3. The maximum absolute atomic E-state index is 13.0. The zero-order valence-electron chi connectivity index (χ0n) is 18.7. The molecular weight excluding hydrogens is 392 g/mol. The monoisotopic (exact) mass is 420 g/mol. The number of hydrogen-bond acceptors (Lipinski definition) is 3. The summed E-state index contributed by atoms with van der Waals surface area (Å²) in [7, 11) is 0. The van der Waals surface area contributed by atoms with Crippen molar-refractivity contribution in [1.29, 1.82) is 0 Å². The van der Waals surface area contributed by atoms with Crippen molar-refractivity contribution in [3.8, 4) is 0 Å². The van der Waals surface area contributed by atoms with E-state index in [0.29, 0.717) is 12.3 Å². The van der Waals surface area contributed by atoms with Crippen molar-refractivity contribution in [3.05, 3.63) is 107 Å². The zero-order chi connectivity index (χ0) is 22.1. The molecule has 1 aromatic heterocycles. The number of nitrogens with zero attached hydrogens (tertiary/aromatic N) is 2. The molecule has 0 spiro atoms. The lowest BCUT2D eigenvalue weighted by Crippen LogP contribution is -2.30. The molecule has 0 fully saturated rings. The van der Waals surface area contributed by atoms with Crippen LogP contribution in [0, 0.1) is 0 Å². The fourth-order valence-corrected chi connectivity index (χ4v) is 4.65. The third-order valence-corrected chi connectivity index (χ3v) is 6.48. The Morgan fingerprint density at radius 3 is 2.72 bits per heavy atom. The van der Waals surface area contributed by atoms with Gasteiger partial charge in [0, 0.05) is 42.3 Å². The Morgan fingerprint density at radius 1 is 1.00 bits per heavy atom. The molecule has 0 saturated carbocycles. The molecule has 0 N–H and O–H groups in total. The van der Waals surface area contributed by atoms with Crippen molar-refractivity contribution in [1.82, 2.24) is 4.98 Å². The van der Waals surface area contributed by atoms with Crippen molar-refractivity contribution in [2.75, 3.05) is 11.4 Å². The first-order valence-corrected chi connectivity index (χ1v) is 11.4. The van der Waals surface area contributed by atoms with Crippen LogP contribution in [0.2, 0.25) is 0 Å². The highest BCUT2D eigenvalue weighted by Crippen LogP contribution is 2.29. The van der Waals surface area contributed by atoms with Gasteiger partial charge in [-0.1, -0.05) is 68.4 Å². The first kappa shape index (κ1) is 20.4. The summed E-state index contributed by atoms with van der Waals surface area (Å²) < 4.78 is 0. The van der Waals surface area contributed by atoms with E-state index < -0.39 is 0 Å². The molecule has 0 unspecified atom stereocenters. The molecule has 1 aliphatic heterocycles. The Balaban J connectivity index is 1.36. The molecular formula is C29H28N2O. The predicted molar refractivity (Wildman–Crippen MR) is 132 cm³/mol. The van der Waals surface area contributed by atoms with E-state index in [1.54, 1.807) is 0 Å². The molecule has 0 amide bonds. The number of Topliss-reactive ketones (excluding diaryl/α,β-unsaturated/α-hetero) is 1. The quantitative estimate of drug-likeness (QED) is 0.353. The summed E-state index contributed by atoms with van der Waals surface area (Å²) >= 11 is 0. The summed E-state index contributed by atoms with van der Waals surface area (Å²) in [5.74, 6) is 0.625. The third kappa shape index (κ3) is 4.03. The second-order valence-electron chi connectivity index (χ2n) is 9.00. The van der Waals surface area contributed by atoms with Gasteiger partial charge in [0.2, 0.25) is 0 Å². The van der Waals surface area contributed by atoms with Gasteiger partial charge in [0.25, 0.3) is 0 Å². The topological polar surface area (TPSA) is 33.2 Å². The number of anilines is 1.